The van der Waals surface area contributed by atoms with Crippen molar-refractivity contribution in [2.75, 3.05) is 20.7 Å². The van der Waals surface area contributed by atoms with Crippen LogP contribution in [-0.4, -0.2) is 47.8 Å². The topological polar surface area (TPSA) is 62.7 Å². The molecule has 104 valence electrons. The highest BCUT2D eigenvalue weighted by Crippen LogP contribution is 2.27. The first-order chi connectivity index (χ1) is 9.08. The molecule has 5 heteroatoms. The zero-order valence-corrected chi connectivity index (χ0v) is 11.4. The van der Waals surface area contributed by atoms with Gasteiger partial charge in [0.15, 0.2) is 0 Å². The van der Waals surface area contributed by atoms with Crippen LogP contribution in [-0.2, 0) is 11.3 Å². The highest BCUT2D eigenvalue weighted by molar-refractivity contribution is 5.88. The van der Waals surface area contributed by atoms with Gasteiger partial charge in [-0.2, -0.15) is 0 Å². The second-order valence-electron chi connectivity index (χ2n) is 5.22. The van der Waals surface area contributed by atoms with E-state index >= 15 is 0 Å². The Morgan fingerprint density at radius 3 is 2.79 bits per heavy atom. The molecule has 0 amide bonds. The van der Waals surface area contributed by atoms with Gasteiger partial charge < -0.3 is 14.7 Å². The number of hydrogen-bond acceptors (Lipinski definition) is 5. The minimum atomic E-state index is -0.365. The summed E-state index contributed by atoms with van der Waals surface area (Å²) >= 11 is 0. The minimum Gasteiger partial charge on any atom is -0.465 e. The van der Waals surface area contributed by atoms with Crippen molar-refractivity contribution in [1.29, 1.82) is 0 Å². The van der Waals surface area contributed by atoms with Gasteiger partial charge in [-0.15, -0.1) is 0 Å². The van der Waals surface area contributed by atoms with Crippen LogP contribution in [0.4, 0.5) is 0 Å². The lowest BCUT2D eigenvalue weighted by Gasteiger charge is -2.34. The van der Waals surface area contributed by atoms with Crippen molar-refractivity contribution in [3.63, 3.8) is 0 Å². The van der Waals surface area contributed by atoms with Gasteiger partial charge in [0.25, 0.3) is 0 Å². The molecule has 2 rings (SSSR count). The van der Waals surface area contributed by atoms with E-state index in [0.717, 1.165) is 31.6 Å². The van der Waals surface area contributed by atoms with E-state index in [1.165, 1.54) is 7.11 Å². The van der Waals surface area contributed by atoms with Crippen LogP contribution in [0.1, 0.15) is 28.9 Å². The van der Waals surface area contributed by atoms with Crippen molar-refractivity contribution in [3.05, 3.63) is 29.6 Å². The summed E-state index contributed by atoms with van der Waals surface area (Å²) in [6.07, 6.45) is 3.25. The van der Waals surface area contributed by atoms with Crippen molar-refractivity contribution in [3.8, 4) is 0 Å². The summed E-state index contributed by atoms with van der Waals surface area (Å²) in [7, 11) is 3.40. The predicted octanol–water partition coefficient (Wildman–Crippen LogP) is 1.07. The van der Waals surface area contributed by atoms with E-state index in [2.05, 4.69) is 14.6 Å². The zero-order chi connectivity index (χ0) is 13.8. The van der Waals surface area contributed by atoms with Gasteiger partial charge in [-0.1, -0.05) is 0 Å². The van der Waals surface area contributed by atoms with Gasteiger partial charge >= 0.3 is 5.97 Å². The third-order valence-electron chi connectivity index (χ3n) is 3.46. The lowest BCUT2D eigenvalue weighted by atomic mass is 9.82. The fraction of sp³-hybridized carbons (Fsp3) is 0.571. The van der Waals surface area contributed by atoms with Gasteiger partial charge in [-0.25, -0.2) is 4.79 Å². The highest BCUT2D eigenvalue weighted by Gasteiger charge is 2.27. The molecule has 1 aliphatic rings. The summed E-state index contributed by atoms with van der Waals surface area (Å²) in [4.78, 5) is 17.7. The molecular weight excluding hydrogens is 244 g/mol. The number of aromatic nitrogens is 1. The molecule has 0 unspecified atom stereocenters. The van der Waals surface area contributed by atoms with Gasteiger partial charge in [-0.05, 0) is 37.9 Å². The Morgan fingerprint density at radius 1 is 1.53 bits per heavy atom. The second-order valence-corrected chi connectivity index (χ2v) is 5.22. The molecule has 0 atom stereocenters. The molecule has 1 aromatic heterocycles. The standard InChI is InChI=1S/C14H20N2O3/c1-16(8-10-5-13(17)6-10)9-12-4-3-11(7-15-12)14(18)19-2/h3-4,7,10,13,17H,5-6,8-9H2,1-2H3. The van der Waals surface area contributed by atoms with Gasteiger partial charge in [0, 0.05) is 19.3 Å². The van der Waals surface area contributed by atoms with Crippen molar-refractivity contribution in [1.82, 2.24) is 9.88 Å². The summed E-state index contributed by atoms with van der Waals surface area (Å²) in [5.41, 5.74) is 1.39. The Hall–Kier alpha value is -1.46. The number of rotatable bonds is 5. The Labute approximate surface area is 113 Å². The number of carbonyl (C=O) groups is 1. The van der Waals surface area contributed by atoms with Crippen LogP contribution in [0, 0.1) is 5.92 Å². The lowest BCUT2D eigenvalue weighted by molar-refractivity contribution is 0.0272. The SMILES string of the molecule is COC(=O)c1ccc(CN(C)CC2CC(O)C2)nc1. The number of esters is 1. The maximum atomic E-state index is 11.3. The van der Waals surface area contributed by atoms with Gasteiger partial charge in [0.05, 0.1) is 24.5 Å². The van der Waals surface area contributed by atoms with Crippen LogP contribution in [0.3, 0.4) is 0 Å². The fourth-order valence-electron chi connectivity index (χ4n) is 2.39. The first-order valence-corrected chi connectivity index (χ1v) is 6.48. The minimum absolute atomic E-state index is 0.101. The summed E-state index contributed by atoms with van der Waals surface area (Å²) < 4.78 is 4.63. The molecular formula is C14H20N2O3. The zero-order valence-electron chi connectivity index (χ0n) is 11.4. The van der Waals surface area contributed by atoms with Crippen molar-refractivity contribution in [2.45, 2.75) is 25.5 Å². The number of ether oxygens (including phenoxy) is 1. The van der Waals surface area contributed by atoms with E-state index in [4.69, 9.17) is 0 Å². The number of pyridine rings is 1. The summed E-state index contributed by atoms with van der Waals surface area (Å²) in [6, 6.07) is 3.58. The number of hydrogen-bond donors (Lipinski definition) is 1. The molecule has 1 heterocycles. The molecule has 5 nitrogen and oxygen atoms in total. The normalized spacial score (nSPS) is 22.1. The van der Waals surface area contributed by atoms with Gasteiger partial charge in [0.2, 0.25) is 0 Å². The molecule has 0 aliphatic heterocycles. The summed E-state index contributed by atoms with van der Waals surface area (Å²) in [5.74, 6) is 0.227. The number of carbonyl (C=O) groups excluding carboxylic acids is 1. The van der Waals surface area contributed by atoms with Crippen LogP contribution in [0.2, 0.25) is 0 Å². The average molecular weight is 264 g/mol. The Morgan fingerprint density at radius 2 is 2.26 bits per heavy atom. The monoisotopic (exact) mass is 264 g/mol. The van der Waals surface area contributed by atoms with Crippen molar-refractivity contribution >= 4 is 5.97 Å². The fourth-order valence-corrected chi connectivity index (χ4v) is 2.39. The molecule has 0 aromatic carbocycles. The summed E-state index contributed by atoms with van der Waals surface area (Å²) in [6.45, 7) is 1.71. The molecule has 1 fully saturated rings. The molecule has 1 aromatic rings. The molecule has 1 N–H and O–H groups in total. The largest absolute Gasteiger partial charge is 0.465 e. The molecule has 0 spiro atoms. The highest BCUT2D eigenvalue weighted by atomic mass is 16.5. The third-order valence-corrected chi connectivity index (χ3v) is 3.46. The first-order valence-electron chi connectivity index (χ1n) is 6.48. The van der Waals surface area contributed by atoms with Crippen LogP contribution in [0.5, 0.6) is 0 Å². The number of aliphatic hydroxyl groups excluding tert-OH is 1. The van der Waals surface area contributed by atoms with Gasteiger partial charge in [-0.3, -0.25) is 4.98 Å². The molecule has 0 radical (unpaired) electrons. The lowest BCUT2D eigenvalue weighted by Crippen LogP contribution is -2.36. The van der Waals surface area contributed by atoms with Crippen LogP contribution < -0.4 is 0 Å². The Kier molecular flexibility index (Phi) is 4.50. The van der Waals surface area contributed by atoms with E-state index in [0.29, 0.717) is 11.5 Å². The maximum absolute atomic E-state index is 11.3. The van der Waals surface area contributed by atoms with E-state index < -0.39 is 0 Å². The molecule has 19 heavy (non-hydrogen) atoms. The molecule has 0 saturated heterocycles. The smallest absolute Gasteiger partial charge is 0.339 e. The number of aliphatic hydroxyl groups is 1. The molecule has 0 bridgehead atoms. The second kappa shape index (κ2) is 6.12. The number of nitrogens with zero attached hydrogens (tertiary/aromatic N) is 2. The van der Waals surface area contributed by atoms with Crippen LogP contribution in [0.25, 0.3) is 0 Å². The van der Waals surface area contributed by atoms with Crippen LogP contribution >= 0.6 is 0 Å². The van der Waals surface area contributed by atoms with Crippen molar-refractivity contribution in [2.24, 2.45) is 5.92 Å². The first kappa shape index (κ1) is 14.0. The van der Waals surface area contributed by atoms with Crippen LogP contribution in [0.15, 0.2) is 18.3 Å². The van der Waals surface area contributed by atoms with E-state index in [1.807, 2.05) is 13.1 Å². The maximum Gasteiger partial charge on any atom is 0.339 e. The molecule has 1 aliphatic carbocycles. The number of methoxy groups -OCH3 is 1. The van der Waals surface area contributed by atoms with E-state index in [1.54, 1.807) is 12.3 Å². The summed E-state index contributed by atoms with van der Waals surface area (Å²) in [5, 5.41) is 9.25. The molecule has 1 saturated carbocycles. The Balaban J connectivity index is 1.83. The van der Waals surface area contributed by atoms with Crippen molar-refractivity contribution < 1.29 is 14.6 Å². The third kappa shape index (κ3) is 3.75. The predicted molar refractivity (Wildman–Crippen MR) is 70.6 cm³/mol. The van der Waals surface area contributed by atoms with E-state index in [9.17, 15) is 9.90 Å². The van der Waals surface area contributed by atoms with Gasteiger partial charge in [0.1, 0.15) is 0 Å². The quantitative estimate of drug-likeness (QED) is 0.806. The average Bonchev–Trinajstić information content (AvgIpc) is 2.37. The Bertz CT molecular complexity index is 427. The van der Waals surface area contributed by atoms with E-state index in [-0.39, 0.29) is 12.1 Å².